The van der Waals surface area contributed by atoms with Crippen molar-refractivity contribution in [3.63, 3.8) is 0 Å². The average molecular weight is 101 g/mol. The van der Waals surface area contributed by atoms with E-state index in [0.717, 1.165) is 11.8 Å². The topological polar surface area (TPSA) is 12.4 Å². The van der Waals surface area contributed by atoms with Gasteiger partial charge in [0, 0.05) is 5.25 Å². The first-order valence-electron chi connectivity index (χ1n) is 2.03. The maximum Gasteiger partial charge on any atom is 0.0544 e. The molecule has 0 aromatic rings. The van der Waals surface area contributed by atoms with Crippen LogP contribution < -0.4 is 0 Å². The normalized spacial score (nSPS) is 31.8. The molecular formula is C4H7NS. The molecule has 1 heterocycles. The third-order valence-corrected chi connectivity index (χ3v) is 1.61. The van der Waals surface area contributed by atoms with Crippen LogP contribution in [0.15, 0.2) is 4.99 Å². The van der Waals surface area contributed by atoms with E-state index < -0.39 is 0 Å². The van der Waals surface area contributed by atoms with Crippen molar-refractivity contribution in [1.29, 1.82) is 0 Å². The molecular weight excluding hydrogens is 94.1 g/mol. The molecule has 34 valence electrons. The van der Waals surface area contributed by atoms with Crippen LogP contribution >= 0.6 is 11.8 Å². The fourth-order valence-corrected chi connectivity index (χ4v) is 0.933. The summed E-state index contributed by atoms with van der Waals surface area (Å²) in [6.07, 6.45) is 0. The summed E-state index contributed by atoms with van der Waals surface area (Å²) in [6, 6.07) is 0. The van der Waals surface area contributed by atoms with E-state index >= 15 is 0 Å². The lowest BCUT2D eigenvalue weighted by atomic mass is 10.5. The van der Waals surface area contributed by atoms with Crippen molar-refractivity contribution in [1.82, 2.24) is 0 Å². The molecule has 0 fully saturated rings. The summed E-state index contributed by atoms with van der Waals surface area (Å²) >= 11 is 1.81. The first-order valence-corrected chi connectivity index (χ1v) is 2.97. The molecule has 1 rings (SSSR count). The van der Waals surface area contributed by atoms with E-state index in [-0.39, 0.29) is 0 Å². The highest BCUT2D eigenvalue weighted by atomic mass is 32.2. The second kappa shape index (κ2) is 1.65. The second-order valence-electron chi connectivity index (χ2n) is 1.42. The van der Waals surface area contributed by atoms with Crippen LogP contribution in [-0.2, 0) is 0 Å². The van der Waals surface area contributed by atoms with Gasteiger partial charge in [0.1, 0.15) is 0 Å². The van der Waals surface area contributed by atoms with E-state index in [1.807, 2.05) is 5.55 Å². The smallest absolute Gasteiger partial charge is 0.0544 e. The van der Waals surface area contributed by atoms with Crippen molar-refractivity contribution in [3.8, 4) is 0 Å². The van der Waals surface area contributed by atoms with Gasteiger partial charge in [-0.05, 0) is 0 Å². The second-order valence-corrected chi connectivity index (χ2v) is 2.70. The molecule has 0 spiro atoms. The maximum atomic E-state index is 4.00. The minimum absolute atomic E-state index is 0.741. The van der Waals surface area contributed by atoms with Crippen LogP contribution in [0.4, 0.5) is 0 Å². The van der Waals surface area contributed by atoms with E-state index in [1.54, 1.807) is 11.8 Å². The molecule has 6 heavy (non-hydrogen) atoms. The number of rotatable bonds is 0. The number of hydrogen-bond acceptors (Lipinski definition) is 2. The van der Waals surface area contributed by atoms with Gasteiger partial charge in [-0.2, -0.15) is 0 Å². The van der Waals surface area contributed by atoms with Gasteiger partial charge in [-0.25, -0.2) is 0 Å². The van der Waals surface area contributed by atoms with Gasteiger partial charge in [0.15, 0.2) is 0 Å². The zero-order valence-corrected chi connectivity index (χ0v) is 4.53. The summed E-state index contributed by atoms with van der Waals surface area (Å²) in [6.45, 7) is 3.20. The van der Waals surface area contributed by atoms with Crippen molar-refractivity contribution in [2.75, 3.05) is 6.54 Å². The van der Waals surface area contributed by atoms with Gasteiger partial charge >= 0.3 is 0 Å². The fourth-order valence-electron chi connectivity index (χ4n) is 0.381. The van der Waals surface area contributed by atoms with Gasteiger partial charge in [-0.3, -0.25) is 4.99 Å². The quantitative estimate of drug-likeness (QED) is 0.446. The summed E-state index contributed by atoms with van der Waals surface area (Å²) < 4.78 is 0. The lowest BCUT2D eigenvalue weighted by molar-refractivity contribution is 0.978. The Balaban J connectivity index is 2.32. The molecule has 0 radical (unpaired) electrons. The van der Waals surface area contributed by atoms with E-state index in [1.165, 1.54) is 0 Å². The fraction of sp³-hybridized carbons (Fsp3) is 0.750. The monoisotopic (exact) mass is 101 g/mol. The molecule has 0 aromatic carbocycles. The van der Waals surface area contributed by atoms with Crippen LogP contribution in [0, 0.1) is 0 Å². The van der Waals surface area contributed by atoms with Crippen molar-refractivity contribution in [2.24, 2.45) is 4.99 Å². The highest BCUT2D eigenvalue weighted by Crippen LogP contribution is 2.12. The Morgan fingerprint density at radius 1 is 2.00 bits per heavy atom. The first-order chi connectivity index (χ1) is 2.89. The number of thioether (sulfide) groups is 1. The SMILES string of the molecule is CC1CN=CS1. The van der Waals surface area contributed by atoms with Gasteiger partial charge < -0.3 is 0 Å². The molecule has 0 saturated carbocycles. The van der Waals surface area contributed by atoms with Crippen molar-refractivity contribution in [3.05, 3.63) is 0 Å². The van der Waals surface area contributed by atoms with E-state index in [0.29, 0.717) is 0 Å². The largest absolute Gasteiger partial charge is 0.285 e. The van der Waals surface area contributed by atoms with Crippen LogP contribution in [0.3, 0.4) is 0 Å². The Morgan fingerprint density at radius 3 is 3.00 bits per heavy atom. The van der Waals surface area contributed by atoms with Gasteiger partial charge in [0.2, 0.25) is 0 Å². The summed E-state index contributed by atoms with van der Waals surface area (Å²) in [5.74, 6) is 0. The minimum Gasteiger partial charge on any atom is -0.285 e. The Bertz CT molecular complexity index is 61.9. The van der Waals surface area contributed by atoms with E-state index in [4.69, 9.17) is 0 Å². The van der Waals surface area contributed by atoms with Crippen LogP contribution in [0.2, 0.25) is 0 Å². The van der Waals surface area contributed by atoms with E-state index in [2.05, 4.69) is 11.9 Å². The Kier molecular flexibility index (Phi) is 1.15. The third kappa shape index (κ3) is 0.744. The summed E-state index contributed by atoms with van der Waals surface area (Å²) in [5, 5.41) is 0.741. The molecule has 2 heteroatoms. The van der Waals surface area contributed by atoms with Crippen molar-refractivity contribution >= 4 is 17.3 Å². The van der Waals surface area contributed by atoms with Gasteiger partial charge in [-0.15, -0.1) is 11.8 Å². The highest BCUT2D eigenvalue weighted by molar-refractivity contribution is 8.12. The molecule has 1 atom stereocenters. The van der Waals surface area contributed by atoms with Gasteiger partial charge in [-0.1, -0.05) is 6.92 Å². The Hall–Kier alpha value is 0.0200. The lowest BCUT2D eigenvalue weighted by Gasteiger charge is -1.89. The van der Waals surface area contributed by atoms with Crippen LogP contribution in [0.1, 0.15) is 6.92 Å². The predicted octanol–water partition coefficient (Wildman–Crippen LogP) is 1.15. The number of hydrogen-bond donors (Lipinski definition) is 0. The molecule has 1 aliphatic heterocycles. The molecule has 0 bridgehead atoms. The van der Waals surface area contributed by atoms with Gasteiger partial charge in [0.05, 0.1) is 12.1 Å². The highest BCUT2D eigenvalue weighted by Gasteiger charge is 2.02. The maximum absolute atomic E-state index is 4.00. The molecule has 1 aliphatic rings. The molecule has 0 N–H and O–H groups in total. The molecule has 0 aromatic heterocycles. The van der Waals surface area contributed by atoms with Crippen LogP contribution in [-0.4, -0.2) is 17.3 Å². The van der Waals surface area contributed by atoms with Crippen LogP contribution in [0.25, 0.3) is 0 Å². The molecule has 0 saturated heterocycles. The van der Waals surface area contributed by atoms with E-state index in [9.17, 15) is 0 Å². The standard InChI is InChI=1S/C4H7NS/c1-4-2-5-3-6-4/h3-4H,2H2,1H3. The number of nitrogens with zero attached hydrogens (tertiary/aromatic N) is 1. The summed E-state index contributed by atoms with van der Waals surface area (Å²) in [4.78, 5) is 4.00. The van der Waals surface area contributed by atoms with Gasteiger partial charge in [0.25, 0.3) is 0 Å². The van der Waals surface area contributed by atoms with Crippen molar-refractivity contribution in [2.45, 2.75) is 12.2 Å². The zero-order chi connectivity index (χ0) is 4.41. The number of aliphatic imine (C=N–C) groups is 1. The molecule has 0 aliphatic carbocycles. The summed E-state index contributed by atoms with van der Waals surface area (Å²) in [5.41, 5.74) is 1.92. The lowest BCUT2D eigenvalue weighted by Crippen LogP contribution is -1.91. The molecule has 1 nitrogen and oxygen atoms in total. The van der Waals surface area contributed by atoms with Crippen molar-refractivity contribution < 1.29 is 0 Å². The Morgan fingerprint density at radius 2 is 2.83 bits per heavy atom. The molecule has 0 amide bonds. The third-order valence-electron chi connectivity index (χ3n) is 0.730. The van der Waals surface area contributed by atoms with Crippen LogP contribution in [0.5, 0.6) is 0 Å². The zero-order valence-electron chi connectivity index (χ0n) is 3.72. The first kappa shape index (κ1) is 4.19. The summed E-state index contributed by atoms with van der Waals surface area (Å²) in [7, 11) is 0. The minimum atomic E-state index is 0.741. The average Bonchev–Trinajstić information content (AvgIpc) is 1.86. The molecule has 1 unspecified atom stereocenters. The predicted molar refractivity (Wildman–Crippen MR) is 30.4 cm³/mol. The Labute approximate surface area is 41.8 Å².